The Balaban J connectivity index is 2.15. The van der Waals surface area contributed by atoms with E-state index in [1.807, 2.05) is 0 Å². The fourth-order valence-corrected chi connectivity index (χ4v) is 2.04. The summed E-state index contributed by atoms with van der Waals surface area (Å²) >= 11 is 0. The SMILES string of the molecule is CCOC(=O)c1ccc(NC2(C#N)CCC2)cc1F. The van der Waals surface area contributed by atoms with Gasteiger partial charge in [-0.15, -0.1) is 0 Å². The van der Waals surface area contributed by atoms with Crippen LogP contribution in [0.4, 0.5) is 10.1 Å². The monoisotopic (exact) mass is 262 g/mol. The van der Waals surface area contributed by atoms with Crippen LogP contribution in [0.1, 0.15) is 36.5 Å². The van der Waals surface area contributed by atoms with Crippen molar-refractivity contribution in [3.05, 3.63) is 29.6 Å². The zero-order valence-electron chi connectivity index (χ0n) is 10.7. The molecule has 0 unspecified atom stereocenters. The van der Waals surface area contributed by atoms with Crippen LogP contribution in [0, 0.1) is 17.1 Å². The number of carbonyl (C=O) groups excluding carboxylic acids is 1. The average Bonchev–Trinajstić information content (AvgIpc) is 2.34. The summed E-state index contributed by atoms with van der Waals surface area (Å²) in [4.78, 5) is 11.5. The van der Waals surface area contributed by atoms with Gasteiger partial charge in [0.1, 0.15) is 11.4 Å². The summed E-state index contributed by atoms with van der Waals surface area (Å²) in [7, 11) is 0. The number of esters is 1. The van der Waals surface area contributed by atoms with Crippen LogP contribution in [0.5, 0.6) is 0 Å². The highest BCUT2D eigenvalue weighted by molar-refractivity contribution is 5.90. The van der Waals surface area contributed by atoms with Gasteiger partial charge in [-0.25, -0.2) is 9.18 Å². The van der Waals surface area contributed by atoms with Gasteiger partial charge in [-0.05, 0) is 44.4 Å². The highest BCUT2D eigenvalue weighted by Gasteiger charge is 2.37. The number of anilines is 1. The van der Waals surface area contributed by atoms with Crippen LogP contribution in [0.25, 0.3) is 0 Å². The van der Waals surface area contributed by atoms with Gasteiger partial charge in [0.05, 0.1) is 18.2 Å². The second-order valence-electron chi connectivity index (χ2n) is 4.59. The van der Waals surface area contributed by atoms with E-state index in [-0.39, 0.29) is 12.2 Å². The predicted octanol–water partition coefficient (Wildman–Crippen LogP) is 2.86. The number of ether oxygens (including phenoxy) is 1. The second-order valence-corrected chi connectivity index (χ2v) is 4.59. The van der Waals surface area contributed by atoms with E-state index in [4.69, 9.17) is 10.00 Å². The Morgan fingerprint density at radius 3 is 2.79 bits per heavy atom. The molecule has 0 spiro atoms. The van der Waals surface area contributed by atoms with E-state index < -0.39 is 17.3 Å². The molecule has 2 rings (SSSR count). The third kappa shape index (κ3) is 2.68. The third-order valence-electron chi connectivity index (χ3n) is 3.27. The average molecular weight is 262 g/mol. The summed E-state index contributed by atoms with van der Waals surface area (Å²) < 4.78 is 18.6. The molecular weight excluding hydrogens is 247 g/mol. The number of rotatable bonds is 4. The summed E-state index contributed by atoms with van der Waals surface area (Å²) in [5.41, 5.74) is -0.170. The molecule has 0 aromatic heterocycles. The number of nitrogens with zero attached hydrogens (tertiary/aromatic N) is 1. The van der Waals surface area contributed by atoms with Crippen molar-refractivity contribution < 1.29 is 13.9 Å². The van der Waals surface area contributed by atoms with E-state index in [1.165, 1.54) is 12.1 Å². The van der Waals surface area contributed by atoms with Crippen molar-refractivity contribution in [2.24, 2.45) is 0 Å². The summed E-state index contributed by atoms with van der Waals surface area (Å²) in [6.45, 7) is 1.87. The molecule has 0 saturated heterocycles. The van der Waals surface area contributed by atoms with Crippen molar-refractivity contribution in [3.63, 3.8) is 0 Å². The maximum atomic E-state index is 13.8. The number of nitriles is 1. The largest absolute Gasteiger partial charge is 0.462 e. The van der Waals surface area contributed by atoms with Gasteiger partial charge >= 0.3 is 5.97 Å². The first-order chi connectivity index (χ1) is 9.10. The number of carbonyl (C=O) groups is 1. The lowest BCUT2D eigenvalue weighted by atomic mass is 9.78. The van der Waals surface area contributed by atoms with E-state index in [9.17, 15) is 9.18 Å². The molecule has 1 fully saturated rings. The summed E-state index contributed by atoms with van der Waals surface area (Å²) in [5.74, 6) is -1.32. The van der Waals surface area contributed by atoms with Crippen LogP contribution >= 0.6 is 0 Å². The Bertz CT molecular complexity index is 533. The van der Waals surface area contributed by atoms with Crippen LogP contribution in [0.15, 0.2) is 18.2 Å². The summed E-state index contributed by atoms with van der Waals surface area (Å²) in [6.07, 6.45) is 2.50. The van der Waals surface area contributed by atoms with Gasteiger partial charge in [-0.1, -0.05) is 0 Å². The van der Waals surface area contributed by atoms with Gasteiger partial charge < -0.3 is 10.1 Å². The van der Waals surface area contributed by atoms with Gasteiger partial charge in [-0.3, -0.25) is 0 Å². The Morgan fingerprint density at radius 2 is 2.32 bits per heavy atom. The third-order valence-corrected chi connectivity index (χ3v) is 3.27. The molecule has 1 aliphatic carbocycles. The molecule has 4 nitrogen and oxygen atoms in total. The lowest BCUT2D eigenvalue weighted by Crippen LogP contribution is -2.43. The molecule has 1 aromatic rings. The van der Waals surface area contributed by atoms with Crippen molar-refractivity contribution in [2.75, 3.05) is 11.9 Å². The highest BCUT2D eigenvalue weighted by atomic mass is 19.1. The maximum absolute atomic E-state index is 13.8. The standard InChI is InChI=1S/C14H15FN2O2/c1-2-19-13(18)11-5-4-10(8-12(11)15)17-14(9-16)6-3-7-14/h4-5,8,17H,2-3,6-7H2,1H3. The normalized spacial score (nSPS) is 16.1. The van der Waals surface area contributed by atoms with Crippen LogP contribution in [-0.4, -0.2) is 18.1 Å². The van der Waals surface area contributed by atoms with E-state index in [2.05, 4.69) is 11.4 Å². The smallest absolute Gasteiger partial charge is 0.341 e. The van der Waals surface area contributed by atoms with E-state index in [0.29, 0.717) is 5.69 Å². The fraction of sp³-hybridized carbons (Fsp3) is 0.429. The minimum atomic E-state index is -0.676. The lowest BCUT2D eigenvalue weighted by Gasteiger charge is -2.36. The minimum Gasteiger partial charge on any atom is -0.462 e. The van der Waals surface area contributed by atoms with Gasteiger partial charge in [0.2, 0.25) is 0 Å². The van der Waals surface area contributed by atoms with Crippen molar-refractivity contribution in [2.45, 2.75) is 31.7 Å². The van der Waals surface area contributed by atoms with E-state index in [1.54, 1.807) is 13.0 Å². The highest BCUT2D eigenvalue weighted by Crippen LogP contribution is 2.34. The van der Waals surface area contributed by atoms with Gasteiger partial charge in [0.15, 0.2) is 0 Å². The van der Waals surface area contributed by atoms with Crippen molar-refractivity contribution >= 4 is 11.7 Å². The molecule has 1 N–H and O–H groups in total. The van der Waals surface area contributed by atoms with E-state index in [0.717, 1.165) is 19.3 Å². The molecule has 5 heteroatoms. The Morgan fingerprint density at radius 1 is 1.58 bits per heavy atom. The molecule has 0 bridgehead atoms. The van der Waals surface area contributed by atoms with Crippen molar-refractivity contribution in [3.8, 4) is 6.07 Å². The Hall–Kier alpha value is -2.09. The molecule has 0 heterocycles. The van der Waals surface area contributed by atoms with Crippen LogP contribution in [0.3, 0.4) is 0 Å². The fourth-order valence-electron chi connectivity index (χ4n) is 2.04. The Kier molecular flexibility index (Phi) is 3.70. The number of hydrogen-bond acceptors (Lipinski definition) is 4. The molecule has 100 valence electrons. The topological polar surface area (TPSA) is 62.1 Å². The number of hydrogen-bond donors (Lipinski definition) is 1. The maximum Gasteiger partial charge on any atom is 0.341 e. The molecule has 1 aliphatic rings. The molecule has 0 radical (unpaired) electrons. The molecular formula is C14H15FN2O2. The molecule has 0 amide bonds. The first-order valence-corrected chi connectivity index (χ1v) is 6.26. The van der Waals surface area contributed by atoms with Gasteiger partial charge in [-0.2, -0.15) is 5.26 Å². The van der Waals surface area contributed by atoms with Gasteiger partial charge in [0, 0.05) is 5.69 Å². The van der Waals surface area contributed by atoms with Crippen LogP contribution in [-0.2, 0) is 4.74 Å². The van der Waals surface area contributed by atoms with Gasteiger partial charge in [0.25, 0.3) is 0 Å². The Labute approximate surface area is 111 Å². The first-order valence-electron chi connectivity index (χ1n) is 6.26. The van der Waals surface area contributed by atoms with Crippen LogP contribution in [0.2, 0.25) is 0 Å². The zero-order chi connectivity index (χ0) is 13.9. The molecule has 0 atom stereocenters. The van der Waals surface area contributed by atoms with Crippen molar-refractivity contribution in [1.82, 2.24) is 0 Å². The lowest BCUT2D eigenvalue weighted by molar-refractivity contribution is 0.0521. The minimum absolute atomic E-state index is 0.0907. The molecule has 1 aromatic carbocycles. The summed E-state index contributed by atoms with van der Waals surface area (Å²) in [5, 5.41) is 12.1. The van der Waals surface area contributed by atoms with E-state index >= 15 is 0 Å². The summed E-state index contributed by atoms with van der Waals surface area (Å²) in [6, 6.07) is 6.41. The number of benzene rings is 1. The second kappa shape index (κ2) is 5.27. The zero-order valence-corrected chi connectivity index (χ0v) is 10.7. The predicted molar refractivity (Wildman–Crippen MR) is 68.2 cm³/mol. The number of nitrogens with one attached hydrogen (secondary N) is 1. The first kappa shape index (κ1) is 13.3. The molecule has 1 saturated carbocycles. The number of halogens is 1. The quantitative estimate of drug-likeness (QED) is 0.847. The van der Waals surface area contributed by atoms with Crippen LogP contribution < -0.4 is 5.32 Å². The molecule has 0 aliphatic heterocycles. The molecule has 19 heavy (non-hydrogen) atoms. The van der Waals surface area contributed by atoms with Crippen molar-refractivity contribution in [1.29, 1.82) is 5.26 Å².